The van der Waals surface area contributed by atoms with Gasteiger partial charge >= 0.3 is 6.03 Å². The molecule has 1 N–H and O–H groups in total. The van der Waals surface area contributed by atoms with E-state index < -0.39 is 0 Å². The van der Waals surface area contributed by atoms with E-state index in [1.165, 1.54) is 21.6 Å². The zero-order chi connectivity index (χ0) is 23.0. The van der Waals surface area contributed by atoms with Crippen LogP contribution in [-0.4, -0.2) is 41.2 Å². The van der Waals surface area contributed by atoms with Crippen LogP contribution in [0.25, 0.3) is 0 Å². The number of piperidine rings is 1. The molecule has 0 saturated carbocycles. The van der Waals surface area contributed by atoms with E-state index in [9.17, 15) is 4.79 Å². The molecule has 0 unspecified atom stereocenters. The second-order valence-corrected chi connectivity index (χ2v) is 9.64. The molecule has 0 aliphatic carbocycles. The number of nitrogens with zero attached hydrogens (tertiary/aromatic N) is 2. The smallest absolute Gasteiger partial charge is 0.317 e. The van der Waals surface area contributed by atoms with Crippen molar-refractivity contribution in [2.75, 3.05) is 24.7 Å². The van der Waals surface area contributed by atoms with Crippen LogP contribution < -0.4 is 5.32 Å². The normalized spacial score (nSPS) is 14.7. The molecule has 5 heteroatoms. The van der Waals surface area contributed by atoms with Crippen molar-refractivity contribution < 1.29 is 4.79 Å². The van der Waals surface area contributed by atoms with Gasteiger partial charge < -0.3 is 10.2 Å². The topological polar surface area (TPSA) is 35.6 Å². The van der Waals surface area contributed by atoms with Crippen LogP contribution in [0.4, 0.5) is 10.5 Å². The molecule has 172 valence electrons. The molecule has 4 nitrogen and oxygen atoms in total. The summed E-state index contributed by atoms with van der Waals surface area (Å²) in [5.41, 5.74) is 4.59. The number of hydrogen-bond acceptors (Lipinski definition) is 3. The number of carbonyl (C=O) groups excluding carboxylic acids is 1. The number of amides is 2. The average molecular weight is 460 g/mol. The minimum atomic E-state index is -0.0195. The molecular weight excluding hydrogens is 426 g/mol. The van der Waals surface area contributed by atoms with Crippen molar-refractivity contribution in [3.05, 3.63) is 95.6 Å². The molecule has 3 aromatic carbocycles. The molecule has 1 fully saturated rings. The molecule has 1 heterocycles. The quantitative estimate of drug-likeness (QED) is 0.414. The molecule has 0 radical (unpaired) electrons. The first-order valence-corrected chi connectivity index (χ1v) is 12.9. The SMILES string of the molecule is CSc1ccc(NC(=O)N(Cc2ccc(C)cc2)C2CCN(Cc3ccccc3)CC2)cc1. The highest BCUT2D eigenvalue weighted by atomic mass is 32.2. The number of benzene rings is 3. The van der Waals surface area contributed by atoms with Crippen molar-refractivity contribution in [3.63, 3.8) is 0 Å². The number of thioether (sulfide) groups is 1. The first kappa shape index (κ1) is 23.4. The summed E-state index contributed by atoms with van der Waals surface area (Å²) in [7, 11) is 0. The molecular formula is C28H33N3OS. The Kier molecular flexibility index (Phi) is 8.08. The fourth-order valence-electron chi connectivity index (χ4n) is 4.36. The summed E-state index contributed by atoms with van der Waals surface area (Å²) in [6.07, 6.45) is 4.02. The minimum Gasteiger partial charge on any atom is -0.317 e. The summed E-state index contributed by atoms with van der Waals surface area (Å²) in [5.74, 6) is 0. The van der Waals surface area contributed by atoms with Gasteiger partial charge in [-0.1, -0.05) is 60.2 Å². The van der Waals surface area contributed by atoms with Crippen molar-refractivity contribution in [1.82, 2.24) is 9.80 Å². The van der Waals surface area contributed by atoms with E-state index in [2.05, 4.69) is 78.0 Å². The number of urea groups is 1. The van der Waals surface area contributed by atoms with Crippen LogP contribution in [0.15, 0.2) is 83.8 Å². The zero-order valence-electron chi connectivity index (χ0n) is 19.5. The monoisotopic (exact) mass is 459 g/mol. The highest BCUT2D eigenvalue weighted by molar-refractivity contribution is 7.98. The molecule has 0 spiro atoms. The molecule has 1 aliphatic heterocycles. The summed E-state index contributed by atoms with van der Waals surface area (Å²) in [6.45, 7) is 5.69. The third-order valence-corrected chi connectivity index (χ3v) is 7.07. The van der Waals surface area contributed by atoms with Crippen molar-refractivity contribution >= 4 is 23.5 Å². The van der Waals surface area contributed by atoms with Crippen LogP contribution in [0.2, 0.25) is 0 Å². The second-order valence-electron chi connectivity index (χ2n) is 8.77. The van der Waals surface area contributed by atoms with Crippen LogP contribution >= 0.6 is 11.8 Å². The van der Waals surface area contributed by atoms with Crippen molar-refractivity contribution in [2.45, 2.75) is 43.8 Å². The predicted octanol–water partition coefficient (Wildman–Crippen LogP) is 6.42. The highest BCUT2D eigenvalue weighted by Crippen LogP contribution is 2.23. The number of rotatable bonds is 7. The Hall–Kier alpha value is -2.76. The first-order chi connectivity index (χ1) is 16.1. The summed E-state index contributed by atoms with van der Waals surface area (Å²) in [4.78, 5) is 19.1. The maximum Gasteiger partial charge on any atom is 0.322 e. The van der Waals surface area contributed by atoms with Gasteiger partial charge in [0.05, 0.1) is 0 Å². The van der Waals surface area contributed by atoms with Gasteiger partial charge in [0.1, 0.15) is 0 Å². The Morgan fingerprint density at radius 1 is 0.939 bits per heavy atom. The lowest BCUT2D eigenvalue weighted by atomic mass is 10.0. The van der Waals surface area contributed by atoms with Crippen LogP contribution in [0.1, 0.15) is 29.5 Å². The van der Waals surface area contributed by atoms with Crippen LogP contribution in [0.5, 0.6) is 0 Å². The Morgan fingerprint density at radius 2 is 1.61 bits per heavy atom. The molecule has 2 amide bonds. The van der Waals surface area contributed by atoms with Gasteiger partial charge in [-0.2, -0.15) is 0 Å². The predicted molar refractivity (Wildman–Crippen MR) is 139 cm³/mol. The second kappa shape index (κ2) is 11.4. The number of anilines is 1. The lowest BCUT2D eigenvalue weighted by Gasteiger charge is -2.38. The highest BCUT2D eigenvalue weighted by Gasteiger charge is 2.28. The Labute approximate surface area is 202 Å². The van der Waals surface area contributed by atoms with Crippen molar-refractivity contribution in [3.8, 4) is 0 Å². The Morgan fingerprint density at radius 3 is 2.24 bits per heavy atom. The molecule has 3 aromatic rings. The fourth-order valence-corrected chi connectivity index (χ4v) is 4.77. The van der Waals surface area contributed by atoms with E-state index in [0.717, 1.165) is 38.2 Å². The van der Waals surface area contributed by atoms with Crippen LogP contribution in [0, 0.1) is 6.92 Å². The molecule has 4 rings (SSSR count). The minimum absolute atomic E-state index is 0.0195. The van der Waals surface area contributed by atoms with Gasteiger partial charge in [-0.15, -0.1) is 11.8 Å². The average Bonchev–Trinajstić information content (AvgIpc) is 2.85. The Bertz CT molecular complexity index is 1010. The van der Waals surface area contributed by atoms with E-state index >= 15 is 0 Å². The maximum atomic E-state index is 13.4. The summed E-state index contributed by atoms with van der Waals surface area (Å²) in [5, 5.41) is 3.14. The van der Waals surface area contributed by atoms with E-state index in [0.29, 0.717) is 6.54 Å². The maximum absolute atomic E-state index is 13.4. The van der Waals surface area contributed by atoms with E-state index in [1.807, 2.05) is 29.2 Å². The number of carbonyl (C=O) groups is 1. The molecule has 1 aliphatic rings. The molecule has 0 atom stereocenters. The van der Waals surface area contributed by atoms with Gasteiger partial charge in [0, 0.05) is 42.8 Å². The molecule has 0 bridgehead atoms. The van der Waals surface area contributed by atoms with Crippen LogP contribution in [-0.2, 0) is 13.1 Å². The van der Waals surface area contributed by atoms with E-state index in [1.54, 1.807) is 11.8 Å². The van der Waals surface area contributed by atoms with Crippen molar-refractivity contribution in [2.24, 2.45) is 0 Å². The lowest BCUT2D eigenvalue weighted by molar-refractivity contribution is 0.120. The fraction of sp³-hybridized carbons (Fsp3) is 0.321. The first-order valence-electron chi connectivity index (χ1n) is 11.6. The van der Waals surface area contributed by atoms with E-state index in [-0.39, 0.29) is 12.1 Å². The third-order valence-electron chi connectivity index (χ3n) is 6.32. The molecule has 1 saturated heterocycles. The lowest BCUT2D eigenvalue weighted by Crippen LogP contribution is -2.48. The summed E-state index contributed by atoms with van der Waals surface area (Å²) in [6, 6.07) is 27.4. The number of hydrogen-bond donors (Lipinski definition) is 1. The van der Waals surface area contributed by atoms with Gasteiger partial charge in [-0.25, -0.2) is 4.79 Å². The number of aryl methyl sites for hydroxylation is 1. The van der Waals surface area contributed by atoms with Gasteiger partial charge in [-0.3, -0.25) is 4.90 Å². The largest absolute Gasteiger partial charge is 0.322 e. The molecule has 0 aromatic heterocycles. The summed E-state index contributed by atoms with van der Waals surface area (Å²) < 4.78 is 0. The molecule has 33 heavy (non-hydrogen) atoms. The van der Waals surface area contributed by atoms with Gasteiger partial charge in [-0.05, 0) is 61.4 Å². The standard InChI is InChI=1S/C28H33N3OS/c1-22-8-10-24(11-9-22)21-31(28(32)29-25-12-14-27(33-2)15-13-25)26-16-18-30(19-17-26)20-23-6-4-3-5-7-23/h3-15,26H,16-21H2,1-2H3,(H,29,32). The summed E-state index contributed by atoms with van der Waals surface area (Å²) >= 11 is 1.70. The van der Waals surface area contributed by atoms with Gasteiger partial charge in [0.15, 0.2) is 0 Å². The van der Waals surface area contributed by atoms with Gasteiger partial charge in [0.25, 0.3) is 0 Å². The Balaban J connectivity index is 1.44. The number of likely N-dealkylation sites (tertiary alicyclic amines) is 1. The number of nitrogens with one attached hydrogen (secondary N) is 1. The third kappa shape index (κ3) is 6.62. The van der Waals surface area contributed by atoms with Gasteiger partial charge in [0.2, 0.25) is 0 Å². The zero-order valence-corrected chi connectivity index (χ0v) is 20.4. The van der Waals surface area contributed by atoms with E-state index in [4.69, 9.17) is 0 Å². The van der Waals surface area contributed by atoms with Crippen LogP contribution in [0.3, 0.4) is 0 Å². The van der Waals surface area contributed by atoms with Crippen molar-refractivity contribution in [1.29, 1.82) is 0 Å².